The fourth-order valence-electron chi connectivity index (χ4n) is 4.03. The second-order valence-corrected chi connectivity index (χ2v) is 7.62. The van der Waals surface area contributed by atoms with Crippen molar-refractivity contribution in [3.05, 3.63) is 60.3 Å². The zero-order valence-electron chi connectivity index (χ0n) is 16.1. The fraction of sp³-hybridized carbons (Fsp3) is 0.333. The van der Waals surface area contributed by atoms with Crippen molar-refractivity contribution in [3.63, 3.8) is 0 Å². The number of benzene rings is 1. The van der Waals surface area contributed by atoms with Crippen molar-refractivity contribution in [3.8, 4) is 0 Å². The maximum absolute atomic E-state index is 12.5. The molecule has 0 aliphatic carbocycles. The number of aromatic nitrogens is 5. The van der Waals surface area contributed by atoms with E-state index in [-0.39, 0.29) is 5.91 Å². The van der Waals surface area contributed by atoms with Crippen molar-refractivity contribution in [2.24, 2.45) is 5.92 Å². The molecule has 0 radical (unpaired) electrons. The molecule has 1 aliphatic heterocycles. The zero-order chi connectivity index (χ0) is 19.6. The number of H-pyrrole nitrogens is 1. The van der Waals surface area contributed by atoms with Crippen LogP contribution in [-0.4, -0.2) is 55.0 Å². The highest BCUT2D eigenvalue weighted by Crippen LogP contribution is 2.18. The molecule has 1 aliphatic rings. The van der Waals surface area contributed by atoms with Gasteiger partial charge in [0, 0.05) is 36.4 Å². The van der Waals surface area contributed by atoms with Gasteiger partial charge in [0.15, 0.2) is 5.82 Å². The summed E-state index contributed by atoms with van der Waals surface area (Å²) in [7, 11) is 0. The Morgan fingerprint density at radius 3 is 3.10 bits per heavy atom. The SMILES string of the molecule is O=C(NCC1CCCN(Cc2nc3ncccn3n2)C1)c1cc2ccccc2[nH]1. The number of aromatic amines is 1. The van der Waals surface area contributed by atoms with Crippen molar-refractivity contribution in [1.82, 2.24) is 34.8 Å². The van der Waals surface area contributed by atoms with Crippen molar-refractivity contribution < 1.29 is 4.79 Å². The molecule has 0 spiro atoms. The summed E-state index contributed by atoms with van der Waals surface area (Å²) in [6.45, 7) is 3.33. The van der Waals surface area contributed by atoms with Gasteiger partial charge in [0.2, 0.25) is 0 Å². The molecule has 0 saturated carbocycles. The number of fused-ring (bicyclic) bond motifs is 2. The average molecular weight is 389 g/mol. The molecule has 1 unspecified atom stereocenters. The standard InChI is InChI=1S/C21H23N7O/c29-20(18-11-16-6-1-2-7-17(16)24-18)23-12-15-5-3-9-27(13-15)14-19-25-21-22-8-4-10-28(21)26-19/h1-2,4,6-8,10-11,15,24H,3,5,9,12-14H2,(H,23,29). The zero-order valence-corrected chi connectivity index (χ0v) is 16.1. The van der Waals surface area contributed by atoms with E-state index in [2.05, 4.69) is 30.3 Å². The third-order valence-corrected chi connectivity index (χ3v) is 5.45. The molecule has 1 saturated heterocycles. The molecule has 148 valence electrons. The largest absolute Gasteiger partial charge is 0.351 e. The Kier molecular flexibility index (Phi) is 4.69. The number of piperidine rings is 1. The molecule has 29 heavy (non-hydrogen) atoms. The van der Waals surface area contributed by atoms with E-state index in [1.165, 1.54) is 0 Å². The second kappa shape index (κ2) is 7.63. The normalized spacial score (nSPS) is 17.7. The lowest BCUT2D eigenvalue weighted by Crippen LogP contribution is -2.40. The lowest BCUT2D eigenvalue weighted by Gasteiger charge is -2.31. The van der Waals surface area contributed by atoms with Crippen molar-refractivity contribution in [2.45, 2.75) is 19.4 Å². The van der Waals surface area contributed by atoms with Gasteiger partial charge in [-0.3, -0.25) is 9.69 Å². The van der Waals surface area contributed by atoms with Gasteiger partial charge in [0.25, 0.3) is 11.7 Å². The maximum Gasteiger partial charge on any atom is 0.267 e. The van der Waals surface area contributed by atoms with Gasteiger partial charge in [-0.05, 0) is 43.5 Å². The van der Waals surface area contributed by atoms with Crippen molar-refractivity contribution >= 4 is 22.6 Å². The van der Waals surface area contributed by atoms with Crippen LogP contribution >= 0.6 is 0 Å². The Morgan fingerprint density at radius 1 is 1.28 bits per heavy atom. The van der Waals surface area contributed by atoms with Crippen LogP contribution < -0.4 is 5.32 Å². The summed E-state index contributed by atoms with van der Waals surface area (Å²) in [6.07, 6.45) is 5.81. The Bertz CT molecular complexity index is 1080. The summed E-state index contributed by atoms with van der Waals surface area (Å²) < 4.78 is 1.71. The molecule has 0 bridgehead atoms. The highest BCUT2D eigenvalue weighted by Gasteiger charge is 2.22. The van der Waals surface area contributed by atoms with Crippen molar-refractivity contribution in [2.75, 3.05) is 19.6 Å². The second-order valence-electron chi connectivity index (χ2n) is 7.62. The first-order valence-corrected chi connectivity index (χ1v) is 9.99. The van der Waals surface area contributed by atoms with Crippen LogP contribution in [0.4, 0.5) is 0 Å². The van der Waals surface area contributed by atoms with E-state index in [9.17, 15) is 4.79 Å². The number of likely N-dealkylation sites (tertiary alicyclic amines) is 1. The first-order valence-electron chi connectivity index (χ1n) is 9.99. The minimum Gasteiger partial charge on any atom is -0.351 e. The Balaban J connectivity index is 1.18. The molecule has 1 aromatic carbocycles. The van der Waals surface area contributed by atoms with Crippen LogP contribution in [0.1, 0.15) is 29.2 Å². The number of hydrogen-bond donors (Lipinski definition) is 2. The van der Waals surface area contributed by atoms with Crippen molar-refractivity contribution in [1.29, 1.82) is 0 Å². The summed E-state index contributed by atoms with van der Waals surface area (Å²) in [6, 6.07) is 11.7. The van der Waals surface area contributed by atoms with Crippen LogP contribution in [0.25, 0.3) is 16.7 Å². The number of carbonyl (C=O) groups excluding carboxylic acids is 1. The van der Waals surface area contributed by atoms with Gasteiger partial charge in [-0.2, -0.15) is 4.98 Å². The van der Waals surface area contributed by atoms with Gasteiger partial charge in [0.05, 0.1) is 6.54 Å². The van der Waals surface area contributed by atoms with E-state index >= 15 is 0 Å². The highest BCUT2D eigenvalue weighted by atomic mass is 16.1. The summed E-state index contributed by atoms with van der Waals surface area (Å²) in [5.41, 5.74) is 1.59. The monoisotopic (exact) mass is 389 g/mol. The van der Waals surface area contributed by atoms with E-state index in [4.69, 9.17) is 0 Å². The predicted molar refractivity (Wildman–Crippen MR) is 109 cm³/mol. The third kappa shape index (κ3) is 3.84. The number of nitrogens with one attached hydrogen (secondary N) is 2. The molecule has 5 rings (SSSR count). The van der Waals surface area contributed by atoms with Crippen LogP contribution in [0.5, 0.6) is 0 Å². The molecule has 1 atom stereocenters. The van der Waals surface area contributed by atoms with E-state index < -0.39 is 0 Å². The summed E-state index contributed by atoms with van der Waals surface area (Å²) in [5, 5.41) is 8.64. The quantitative estimate of drug-likeness (QED) is 0.546. The van der Waals surface area contributed by atoms with Gasteiger partial charge >= 0.3 is 0 Å². The summed E-state index contributed by atoms with van der Waals surface area (Å²) >= 11 is 0. The van der Waals surface area contributed by atoms with Crippen LogP contribution in [-0.2, 0) is 6.54 Å². The number of amides is 1. The van der Waals surface area contributed by atoms with Crippen LogP contribution in [0, 0.1) is 5.92 Å². The van der Waals surface area contributed by atoms with Gasteiger partial charge in [0.1, 0.15) is 5.69 Å². The Morgan fingerprint density at radius 2 is 2.21 bits per heavy atom. The molecular weight excluding hydrogens is 366 g/mol. The summed E-state index contributed by atoms with van der Waals surface area (Å²) in [5.74, 6) is 1.78. The molecule has 3 aromatic heterocycles. The number of para-hydroxylation sites is 1. The van der Waals surface area contributed by atoms with Gasteiger partial charge < -0.3 is 10.3 Å². The van der Waals surface area contributed by atoms with E-state index in [0.717, 1.165) is 42.7 Å². The Hall–Kier alpha value is -3.26. The molecular formula is C21H23N7O. The average Bonchev–Trinajstić information content (AvgIpc) is 3.35. The lowest BCUT2D eigenvalue weighted by atomic mass is 9.98. The minimum absolute atomic E-state index is 0.0496. The van der Waals surface area contributed by atoms with Gasteiger partial charge in [-0.25, -0.2) is 9.50 Å². The summed E-state index contributed by atoms with van der Waals surface area (Å²) in [4.78, 5) is 26.8. The molecule has 4 aromatic rings. The fourth-order valence-corrected chi connectivity index (χ4v) is 4.03. The Labute approximate surface area is 168 Å². The van der Waals surface area contributed by atoms with Crippen LogP contribution in [0.2, 0.25) is 0 Å². The molecule has 4 heterocycles. The number of carbonyl (C=O) groups is 1. The minimum atomic E-state index is -0.0496. The van der Waals surface area contributed by atoms with Crippen LogP contribution in [0.15, 0.2) is 48.8 Å². The van der Waals surface area contributed by atoms with E-state index in [0.29, 0.717) is 30.5 Å². The smallest absolute Gasteiger partial charge is 0.267 e. The van der Waals surface area contributed by atoms with E-state index in [1.807, 2.05) is 42.6 Å². The number of rotatable bonds is 5. The number of hydrogen-bond acceptors (Lipinski definition) is 5. The number of nitrogens with zero attached hydrogens (tertiary/aromatic N) is 5. The maximum atomic E-state index is 12.5. The lowest BCUT2D eigenvalue weighted by molar-refractivity contribution is 0.0925. The highest BCUT2D eigenvalue weighted by molar-refractivity contribution is 5.97. The van der Waals surface area contributed by atoms with Gasteiger partial charge in [-0.15, -0.1) is 5.10 Å². The molecule has 8 heteroatoms. The molecule has 1 amide bonds. The first kappa shape index (κ1) is 17.8. The van der Waals surface area contributed by atoms with Crippen LogP contribution in [0.3, 0.4) is 0 Å². The first-order chi connectivity index (χ1) is 14.2. The third-order valence-electron chi connectivity index (χ3n) is 5.45. The molecule has 1 fully saturated rings. The molecule has 2 N–H and O–H groups in total. The predicted octanol–water partition coefficient (Wildman–Crippen LogP) is 2.25. The van der Waals surface area contributed by atoms with E-state index in [1.54, 1.807) is 10.7 Å². The molecule has 8 nitrogen and oxygen atoms in total. The topological polar surface area (TPSA) is 91.2 Å². The van der Waals surface area contributed by atoms with Gasteiger partial charge in [-0.1, -0.05) is 18.2 Å².